The van der Waals surface area contributed by atoms with Crippen LogP contribution in [0, 0.1) is 18.7 Å². The first-order valence-corrected chi connectivity index (χ1v) is 17.0. The minimum Gasteiger partial charge on any atom is -0.493 e. The number of carboxylic acids is 1. The minimum absolute atomic E-state index is 0.00430. The van der Waals surface area contributed by atoms with E-state index in [0.717, 1.165) is 36.8 Å². The molecule has 0 spiro atoms. The van der Waals surface area contributed by atoms with Crippen LogP contribution < -0.4 is 14.4 Å². The highest BCUT2D eigenvalue weighted by atomic mass is 19.1. The van der Waals surface area contributed by atoms with Crippen molar-refractivity contribution < 1.29 is 33.4 Å². The molecule has 10 nitrogen and oxygen atoms in total. The maximum absolute atomic E-state index is 14.5. The summed E-state index contributed by atoms with van der Waals surface area (Å²) >= 11 is 0. The van der Waals surface area contributed by atoms with Gasteiger partial charge >= 0.3 is 12.0 Å². The Morgan fingerprint density at radius 2 is 1.89 bits per heavy atom. The van der Waals surface area contributed by atoms with E-state index in [-0.39, 0.29) is 30.3 Å². The van der Waals surface area contributed by atoms with Crippen molar-refractivity contribution in [2.24, 2.45) is 5.92 Å². The van der Waals surface area contributed by atoms with Crippen LogP contribution in [0.4, 0.5) is 14.9 Å². The summed E-state index contributed by atoms with van der Waals surface area (Å²) in [6.45, 7) is 8.37. The summed E-state index contributed by atoms with van der Waals surface area (Å²) in [6.07, 6.45) is 4.47. The molecular formula is C36H49FN4O6. The molecule has 11 heteroatoms. The second-order valence-electron chi connectivity index (χ2n) is 13.2. The average molecular weight is 653 g/mol. The molecule has 256 valence electrons. The Morgan fingerprint density at radius 1 is 1.15 bits per heavy atom. The summed E-state index contributed by atoms with van der Waals surface area (Å²) in [5.41, 5.74) is 2.94. The molecule has 0 radical (unpaired) electrons. The van der Waals surface area contributed by atoms with Gasteiger partial charge in [0.1, 0.15) is 5.82 Å². The lowest BCUT2D eigenvalue weighted by Gasteiger charge is -2.35. The van der Waals surface area contributed by atoms with E-state index in [0.29, 0.717) is 68.4 Å². The van der Waals surface area contributed by atoms with Crippen molar-refractivity contribution in [3.05, 3.63) is 52.8 Å². The Bertz CT molecular complexity index is 1460. The lowest BCUT2D eigenvalue weighted by atomic mass is 9.83. The molecule has 3 aliphatic heterocycles. The third kappa shape index (κ3) is 7.20. The molecule has 1 N–H and O–H groups in total. The van der Waals surface area contributed by atoms with Crippen LogP contribution in [0.25, 0.3) is 0 Å². The number of likely N-dealkylation sites (tertiary alicyclic amines) is 1. The number of carboxylic acid groups (broad SMARTS) is 1. The van der Waals surface area contributed by atoms with Gasteiger partial charge in [0.05, 0.1) is 26.2 Å². The summed E-state index contributed by atoms with van der Waals surface area (Å²) in [7, 11) is 3.34. The van der Waals surface area contributed by atoms with Crippen molar-refractivity contribution in [1.29, 1.82) is 0 Å². The van der Waals surface area contributed by atoms with Crippen LogP contribution in [-0.4, -0.2) is 103 Å². The number of methoxy groups -OCH3 is 1. The zero-order valence-electron chi connectivity index (χ0n) is 28.3. The number of hydrogen-bond acceptors (Lipinski definition) is 6. The van der Waals surface area contributed by atoms with Crippen molar-refractivity contribution in [3.8, 4) is 11.5 Å². The number of carbonyl (C=O) groups excluding carboxylic acids is 2. The molecule has 5 rings (SSSR count). The van der Waals surface area contributed by atoms with E-state index in [1.165, 1.54) is 6.07 Å². The number of carbonyl (C=O) groups is 3. The number of aryl methyl sites for hydroxylation is 1. The number of urea groups is 1. The number of aliphatic carboxylic acids is 1. The Hall–Kier alpha value is -3.86. The largest absolute Gasteiger partial charge is 0.493 e. The van der Waals surface area contributed by atoms with Crippen LogP contribution in [0.5, 0.6) is 11.5 Å². The topological polar surface area (TPSA) is 103 Å². The molecular weight excluding hydrogens is 603 g/mol. The van der Waals surface area contributed by atoms with Gasteiger partial charge in [-0.05, 0) is 61.6 Å². The predicted molar refractivity (Wildman–Crippen MR) is 178 cm³/mol. The van der Waals surface area contributed by atoms with Gasteiger partial charge in [0.25, 0.3) is 0 Å². The van der Waals surface area contributed by atoms with E-state index in [4.69, 9.17) is 9.47 Å². The minimum atomic E-state index is -0.934. The van der Waals surface area contributed by atoms with E-state index >= 15 is 0 Å². The molecule has 2 aromatic carbocycles. The number of hydrogen-bond donors (Lipinski definition) is 1. The lowest BCUT2D eigenvalue weighted by molar-refractivity contribution is -0.143. The molecule has 2 fully saturated rings. The number of rotatable bonds is 14. The van der Waals surface area contributed by atoms with Gasteiger partial charge in [-0.3, -0.25) is 14.5 Å². The van der Waals surface area contributed by atoms with Crippen LogP contribution in [0.3, 0.4) is 0 Å². The van der Waals surface area contributed by atoms with E-state index in [9.17, 15) is 23.9 Å². The highest BCUT2D eigenvalue weighted by Crippen LogP contribution is 2.44. The monoisotopic (exact) mass is 652 g/mol. The molecule has 0 bridgehead atoms. The molecule has 2 aromatic rings. The van der Waals surface area contributed by atoms with Crippen LogP contribution in [-0.2, 0) is 16.0 Å². The fourth-order valence-corrected chi connectivity index (χ4v) is 7.71. The number of ether oxygens (including phenoxy) is 2. The van der Waals surface area contributed by atoms with Crippen molar-refractivity contribution in [3.63, 3.8) is 0 Å². The van der Waals surface area contributed by atoms with E-state index in [1.54, 1.807) is 43.0 Å². The number of anilines is 1. The Kier molecular flexibility index (Phi) is 10.9. The van der Waals surface area contributed by atoms with Crippen molar-refractivity contribution >= 4 is 23.6 Å². The molecule has 47 heavy (non-hydrogen) atoms. The quantitative estimate of drug-likeness (QED) is 0.295. The molecule has 3 aliphatic rings. The Labute approximate surface area is 277 Å². The molecule has 3 amide bonds. The zero-order valence-corrected chi connectivity index (χ0v) is 28.3. The van der Waals surface area contributed by atoms with Crippen LogP contribution in [0.15, 0.2) is 30.3 Å². The summed E-state index contributed by atoms with van der Waals surface area (Å²) < 4.78 is 25.8. The third-order valence-electron chi connectivity index (χ3n) is 10.1. The van der Waals surface area contributed by atoms with Gasteiger partial charge in [-0.15, -0.1) is 0 Å². The maximum Gasteiger partial charge on any atom is 0.319 e. The zero-order chi connectivity index (χ0) is 33.8. The summed E-state index contributed by atoms with van der Waals surface area (Å²) in [6, 6.07) is 8.05. The number of amides is 3. The van der Waals surface area contributed by atoms with Crippen molar-refractivity contribution in [1.82, 2.24) is 14.7 Å². The molecule has 3 heterocycles. The van der Waals surface area contributed by atoms with Gasteiger partial charge < -0.3 is 29.3 Å². The maximum atomic E-state index is 14.5. The standard InChI is InChI=1S/C36H49FN4O6/c1-6-8-26(9-7-2)41(27-10-11-29(37)23(3)18-27)32(42)22-40-21-28(25-19-24-13-17-47-34(24)31(20-25)46-5)33(35(43)44)30(40)12-14-39-16-15-38(4)36(39)45/h10-11,18-20,26,28,30,33H,6-9,12-17,21-22H2,1-5H3,(H,43,44)/t28-,30+,33?/m1/s1. The number of benzene rings is 2. The first-order chi connectivity index (χ1) is 22.6. The molecule has 0 aromatic heterocycles. The van der Waals surface area contributed by atoms with Gasteiger partial charge in [-0.2, -0.15) is 0 Å². The van der Waals surface area contributed by atoms with Crippen LogP contribution in [0.1, 0.15) is 68.6 Å². The summed E-state index contributed by atoms with van der Waals surface area (Å²) in [5, 5.41) is 10.7. The summed E-state index contributed by atoms with van der Waals surface area (Å²) in [4.78, 5) is 47.6. The Balaban J connectivity index is 1.51. The number of fused-ring (bicyclic) bond motifs is 1. The molecule has 2 saturated heterocycles. The first-order valence-electron chi connectivity index (χ1n) is 17.0. The van der Waals surface area contributed by atoms with E-state index in [1.807, 2.05) is 21.9 Å². The number of halogens is 1. The molecule has 0 aliphatic carbocycles. The van der Waals surface area contributed by atoms with E-state index < -0.39 is 23.8 Å². The fraction of sp³-hybridized carbons (Fsp3) is 0.583. The number of nitrogens with zero attached hydrogens (tertiary/aromatic N) is 4. The number of likely N-dealkylation sites (N-methyl/N-ethyl adjacent to an activating group) is 1. The average Bonchev–Trinajstić information content (AvgIpc) is 3.75. The highest BCUT2D eigenvalue weighted by Gasteiger charge is 2.48. The smallest absolute Gasteiger partial charge is 0.319 e. The van der Waals surface area contributed by atoms with Crippen molar-refractivity contribution in [2.75, 3.05) is 58.4 Å². The van der Waals surface area contributed by atoms with Crippen LogP contribution in [0.2, 0.25) is 0 Å². The van der Waals surface area contributed by atoms with Gasteiger partial charge in [0.15, 0.2) is 11.5 Å². The van der Waals surface area contributed by atoms with E-state index in [2.05, 4.69) is 13.8 Å². The third-order valence-corrected chi connectivity index (χ3v) is 10.1. The second kappa shape index (κ2) is 14.9. The molecule has 0 saturated carbocycles. The Morgan fingerprint density at radius 3 is 2.51 bits per heavy atom. The molecule has 3 atom stereocenters. The first kappa shape index (κ1) is 34.5. The van der Waals surface area contributed by atoms with Gasteiger partial charge in [0, 0.05) is 68.9 Å². The lowest BCUT2D eigenvalue weighted by Crippen LogP contribution is -2.48. The highest BCUT2D eigenvalue weighted by molar-refractivity contribution is 5.95. The van der Waals surface area contributed by atoms with Gasteiger partial charge in [-0.25, -0.2) is 9.18 Å². The van der Waals surface area contributed by atoms with Gasteiger partial charge in [-0.1, -0.05) is 32.8 Å². The van der Waals surface area contributed by atoms with Crippen molar-refractivity contribution in [2.45, 2.75) is 77.3 Å². The molecule has 1 unspecified atom stereocenters. The summed E-state index contributed by atoms with van der Waals surface area (Å²) in [5.74, 6) is -1.35. The SMILES string of the molecule is CCCC(CCC)N(C(=O)CN1C[C@H](c2cc3c(c(OC)c2)OCC3)C(C(=O)O)[C@@H]1CCN1CCN(C)C1=O)c1ccc(F)c(C)c1. The fourth-order valence-electron chi connectivity index (χ4n) is 7.71. The normalized spacial score (nSPS) is 21.0. The second-order valence-corrected chi connectivity index (χ2v) is 13.2. The van der Waals surface area contributed by atoms with Gasteiger partial charge in [0.2, 0.25) is 5.91 Å². The predicted octanol–water partition coefficient (Wildman–Crippen LogP) is 5.31. The van der Waals surface area contributed by atoms with Crippen LogP contribution >= 0.6 is 0 Å².